The van der Waals surface area contributed by atoms with E-state index in [2.05, 4.69) is 14.6 Å². The van der Waals surface area contributed by atoms with Crippen LogP contribution in [0.5, 0.6) is 0 Å². The fraction of sp³-hybridized carbons (Fsp3) is 1.00. The van der Waals surface area contributed by atoms with E-state index in [0.29, 0.717) is 0 Å². The third-order valence-corrected chi connectivity index (χ3v) is 1.06. The van der Waals surface area contributed by atoms with E-state index in [1.54, 1.807) is 0 Å². The van der Waals surface area contributed by atoms with Crippen molar-refractivity contribution in [1.29, 1.82) is 0 Å². The summed E-state index contributed by atoms with van der Waals surface area (Å²) in [6, 6.07) is 0. The van der Waals surface area contributed by atoms with Crippen molar-refractivity contribution in [3.63, 3.8) is 0 Å². The van der Waals surface area contributed by atoms with Gasteiger partial charge in [-0.05, 0) is 0 Å². The lowest BCUT2D eigenvalue weighted by Gasteiger charge is -1.94. The van der Waals surface area contributed by atoms with E-state index in [-0.39, 0.29) is 0 Å². The van der Waals surface area contributed by atoms with E-state index in [0.717, 1.165) is 0 Å². The molecule has 1 atom stereocenters. The Balaban J connectivity index is 3.00. The number of hydrogen-bond acceptors (Lipinski definition) is 4. The lowest BCUT2D eigenvalue weighted by Crippen LogP contribution is -1.99. The van der Waals surface area contributed by atoms with Crippen LogP contribution in [0.4, 0.5) is 0 Å². The number of rotatable bonds is 3. The monoisotopic (exact) mass is 125 g/mol. The summed E-state index contributed by atoms with van der Waals surface area (Å²) in [4.78, 5) is 0. The van der Waals surface area contributed by atoms with Gasteiger partial charge in [-0.1, -0.05) is 0 Å². The largest absolute Gasteiger partial charge is 0.335 e. The number of hydroxylamine groups is 1. The van der Waals surface area contributed by atoms with Crippen molar-refractivity contribution in [3.8, 4) is 0 Å². The van der Waals surface area contributed by atoms with Gasteiger partial charge in [-0.2, -0.15) is 5.48 Å². The molecular weight excluding hydrogens is 117 g/mol. The maximum absolute atomic E-state index is 10.1. The molecule has 7 heavy (non-hydrogen) atoms. The first-order chi connectivity index (χ1) is 3.31. The maximum atomic E-state index is 10.1. The van der Waals surface area contributed by atoms with Crippen molar-refractivity contribution in [1.82, 2.24) is 5.48 Å². The first-order valence-corrected chi connectivity index (χ1v) is 2.95. The highest BCUT2D eigenvalue weighted by molar-refractivity contribution is 7.33. The number of hydrogen-bond donors (Lipinski definition) is 1. The Hall–Kier alpha value is 0.110. The van der Waals surface area contributed by atoms with Crippen LogP contribution in [0.1, 0.15) is 0 Å². The van der Waals surface area contributed by atoms with Crippen molar-refractivity contribution >= 4 is 8.25 Å². The van der Waals surface area contributed by atoms with Crippen molar-refractivity contribution in [2.45, 2.75) is 0 Å². The highest BCUT2D eigenvalue weighted by atomic mass is 31.1. The average Bonchev–Trinajstić information content (AvgIpc) is 1.68. The molecule has 0 aliphatic carbocycles. The van der Waals surface area contributed by atoms with Crippen LogP contribution in [-0.2, 0) is 13.7 Å². The quantitative estimate of drug-likeness (QED) is 0.431. The Labute approximate surface area is 42.7 Å². The summed E-state index contributed by atoms with van der Waals surface area (Å²) in [7, 11) is 0.593. The van der Waals surface area contributed by atoms with E-state index in [1.807, 2.05) is 0 Å². The van der Waals surface area contributed by atoms with E-state index in [1.165, 1.54) is 14.2 Å². The molecule has 0 aromatic carbocycles. The lowest BCUT2D eigenvalue weighted by molar-refractivity contribution is 0.191. The van der Waals surface area contributed by atoms with E-state index in [9.17, 15) is 4.57 Å². The molecule has 0 bridgehead atoms. The molecule has 4 nitrogen and oxygen atoms in total. The summed E-state index contributed by atoms with van der Waals surface area (Å²) in [5.41, 5.74) is 2.23. The molecule has 44 valence electrons. The Morgan fingerprint density at radius 2 is 2.29 bits per heavy atom. The maximum Gasteiger partial charge on any atom is 0.335 e. The minimum Gasteiger partial charge on any atom is -0.313 e. The standard InChI is InChI=1S/C2H8NO3P/c1-3-6-7(4)5-2/h3,7H,1-2H3. The summed E-state index contributed by atoms with van der Waals surface area (Å²) in [6.07, 6.45) is 0. The zero-order valence-corrected chi connectivity index (χ0v) is 5.22. The average molecular weight is 125 g/mol. The van der Waals surface area contributed by atoms with Gasteiger partial charge in [-0.3, -0.25) is 4.57 Å². The van der Waals surface area contributed by atoms with Gasteiger partial charge in [0.05, 0.1) is 0 Å². The van der Waals surface area contributed by atoms with Crippen molar-refractivity contribution in [2.75, 3.05) is 14.2 Å². The Bertz CT molecular complexity index is 66.0. The van der Waals surface area contributed by atoms with Crippen molar-refractivity contribution in [2.24, 2.45) is 0 Å². The molecule has 0 saturated heterocycles. The molecule has 0 aromatic heterocycles. The Morgan fingerprint density at radius 1 is 1.71 bits per heavy atom. The molecule has 0 radical (unpaired) electrons. The van der Waals surface area contributed by atoms with Crippen LogP contribution in [0.3, 0.4) is 0 Å². The SMILES string of the molecule is CNO[PH](=O)OC. The molecule has 0 aliphatic heterocycles. The molecular formula is C2H8NO3P. The van der Waals surface area contributed by atoms with Gasteiger partial charge >= 0.3 is 8.25 Å². The third kappa shape index (κ3) is 3.95. The molecule has 0 aliphatic rings. The van der Waals surface area contributed by atoms with E-state index in [4.69, 9.17) is 0 Å². The van der Waals surface area contributed by atoms with Gasteiger partial charge in [0.15, 0.2) is 0 Å². The first-order valence-electron chi connectivity index (χ1n) is 1.72. The van der Waals surface area contributed by atoms with E-state index < -0.39 is 8.25 Å². The van der Waals surface area contributed by atoms with Crippen LogP contribution in [0.2, 0.25) is 0 Å². The third-order valence-electron chi connectivity index (χ3n) is 0.352. The summed E-state index contributed by atoms with van der Waals surface area (Å²) < 4.78 is 18.6. The van der Waals surface area contributed by atoms with Gasteiger partial charge in [0.2, 0.25) is 0 Å². The molecule has 0 aromatic rings. The van der Waals surface area contributed by atoms with Crippen LogP contribution in [-0.4, -0.2) is 14.2 Å². The van der Waals surface area contributed by atoms with Crippen molar-refractivity contribution < 1.29 is 13.7 Å². The van der Waals surface area contributed by atoms with Crippen LogP contribution in [0.25, 0.3) is 0 Å². The van der Waals surface area contributed by atoms with Crippen LogP contribution < -0.4 is 5.48 Å². The summed E-state index contributed by atoms with van der Waals surface area (Å²) >= 11 is 0. The fourth-order valence-corrected chi connectivity index (χ4v) is 0.375. The zero-order chi connectivity index (χ0) is 5.70. The first kappa shape index (κ1) is 7.11. The van der Waals surface area contributed by atoms with Gasteiger partial charge in [0, 0.05) is 14.2 Å². The predicted octanol–water partition coefficient (Wildman–Crippen LogP) is 0.173. The fourth-order valence-electron chi connectivity index (χ4n) is 0.125. The predicted molar refractivity (Wildman–Crippen MR) is 26.2 cm³/mol. The second-order valence-electron chi connectivity index (χ2n) is 0.760. The Kier molecular flexibility index (Phi) is 4.34. The topological polar surface area (TPSA) is 47.6 Å². The minimum absolute atomic E-state index is 1.32. The zero-order valence-electron chi connectivity index (χ0n) is 4.22. The van der Waals surface area contributed by atoms with Gasteiger partial charge in [-0.15, -0.1) is 0 Å². The normalized spacial score (nSPS) is 14.0. The second kappa shape index (κ2) is 4.27. The van der Waals surface area contributed by atoms with Crippen LogP contribution in [0, 0.1) is 0 Å². The molecule has 0 amide bonds. The van der Waals surface area contributed by atoms with Crippen LogP contribution in [0.15, 0.2) is 0 Å². The second-order valence-corrected chi connectivity index (χ2v) is 1.87. The summed E-state index contributed by atoms with van der Waals surface area (Å²) in [5.74, 6) is 0. The van der Waals surface area contributed by atoms with Crippen LogP contribution >= 0.6 is 8.25 Å². The van der Waals surface area contributed by atoms with E-state index >= 15 is 0 Å². The smallest absolute Gasteiger partial charge is 0.313 e. The highest BCUT2D eigenvalue weighted by Crippen LogP contribution is 2.18. The molecule has 5 heteroatoms. The molecule has 0 heterocycles. The highest BCUT2D eigenvalue weighted by Gasteiger charge is 1.88. The van der Waals surface area contributed by atoms with Gasteiger partial charge in [0.1, 0.15) is 0 Å². The van der Waals surface area contributed by atoms with Gasteiger partial charge in [-0.25, -0.2) is 4.62 Å². The van der Waals surface area contributed by atoms with Gasteiger partial charge in [0.25, 0.3) is 0 Å². The van der Waals surface area contributed by atoms with Crippen molar-refractivity contribution in [3.05, 3.63) is 0 Å². The lowest BCUT2D eigenvalue weighted by atomic mass is 11.6. The molecule has 0 rings (SSSR count). The molecule has 0 saturated carbocycles. The molecule has 0 spiro atoms. The molecule has 1 N–H and O–H groups in total. The Morgan fingerprint density at radius 3 is 2.43 bits per heavy atom. The molecule has 1 unspecified atom stereocenters. The van der Waals surface area contributed by atoms with Gasteiger partial charge < -0.3 is 4.52 Å². The minimum atomic E-state index is -2.24. The summed E-state index contributed by atoms with van der Waals surface area (Å²) in [5, 5.41) is 0. The summed E-state index contributed by atoms with van der Waals surface area (Å²) in [6.45, 7) is 0. The molecule has 0 fully saturated rings. The number of nitrogens with one attached hydrogen (secondary N) is 1.